The molecule has 0 saturated carbocycles. The lowest BCUT2D eigenvalue weighted by molar-refractivity contribution is 0.583. The van der Waals surface area contributed by atoms with Crippen LogP contribution in [0, 0.1) is 0 Å². The Morgan fingerprint density at radius 2 is 1.94 bits per heavy atom. The van der Waals surface area contributed by atoms with Crippen LogP contribution in [0.5, 0.6) is 0 Å². The molecule has 0 saturated heterocycles. The Labute approximate surface area is 106 Å². The van der Waals surface area contributed by atoms with Crippen molar-refractivity contribution in [3.05, 3.63) is 47.4 Å². The minimum absolute atomic E-state index is 0.960. The quantitative estimate of drug-likeness (QED) is 0.446. The number of thiophene rings is 2. The van der Waals surface area contributed by atoms with E-state index >= 15 is 0 Å². The highest BCUT2D eigenvalue weighted by atomic mass is 32.1. The lowest BCUT2D eigenvalue weighted by atomic mass is 10.1. The van der Waals surface area contributed by atoms with E-state index in [1.54, 1.807) is 28.9 Å². The van der Waals surface area contributed by atoms with E-state index in [0.29, 0.717) is 0 Å². The molecular formula is C14H8OS2. The van der Waals surface area contributed by atoms with E-state index in [1.165, 1.54) is 25.7 Å². The molecule has 0 bridgehead atoms. The summed E-state index contributed by atoms with van der Waals surface area (Å²) in [5, 5.41) is 6.87. The Kier molecular flexibility index (Phi) is 1.92. The zero-order valence-corrected chi connectivity index (χ0v) is 10.5. The van der Waals surface area contributed by atoms with Crippen LogP contribution in [0.2, 0.25) is 0 Å². The van der Waals surface area contributed by atoms with Crippen LogP contribution in [0.1, 0.15) is 0 Å². The normalized spacial score (nSPS) is 11.5. The third-order valence-corrected chi connectivity index (χ3v) is 4.75. The summed E-state index contributed by atoms with van der Waals surface area (Å²) < 4.78 is 8.22. The van der Waals surface area contributed by atoms with Crippen molar-refractivity contribution in [3.8, 4) is 11.3 Å². The molecule has 4 rings (SSSR count). The van der Waals surface area contributed by atoms with Gasteiger partial charge in [0.1, 0.15) is 5.76 Å². The van der Waals surface area contributed by atoms with Gasteiger partial charge >= 0.3 is 0 Å². The molecule has 0 fully saturated rings. The number of benzene rings is 1. The summed E-state index contributed by atoms with van der Waals surface area (Å²) in [4.78, 5) is 0. The van der Waals surface area contributed by atoms with E-state index in [9.17, 15) is 0 Å². The standard InChI is InChI=1S/C14H8OS2/c1-2-11(15-5-1)13-10-4-7-16-12(10)8-9-3-6-17-14(9)13/h1-8H. The van der Waals surface area contributed by atoms with E-state index < -0.39 is 0 Å². The fraction of sp³-hybridized carbons (Fsp3) is 0. The molecule has 0 N–H and O–H groups in total. The topological polar surface area (TPSA) is 13.1 Å². The highest BCUT2D eigenvalue weighted by Crippen LogP contribution is 2.40. The van der Waals surface area contributed by atoms with Crippen LogP contribution in [-0.4, -0.2) is 0 Å². The van der Waals surface area contributed by atoms with Gasteiger partial charge in [-0.1, -0.05) is 0 Å². The highest BCUT2D eigenvalue weighted by Gasteiger charge is 2.13. The number of hydrogen-bond acceptors (Lipinski definition) is 3. The number of hydrogen-bond donors (Lipinski definition) is 0. The molecule has 17 heavy (non-hydrogen) atoms. The summed E-state index contributed by atoms with van der Waals surface area (Å²) in [7, 11) is 0. The van der Waals surface area contributed by atoms with Gasteiger partial charge in [-0.2, -0.15) is 0 Å². The monoisotopic (exact) mass is 256 g/mol. The van der Waals surface area contributed by atoms with Crippen LogP contribution in [0.4, 0.5) is 0 Å². The molecule has 0 aliphatic carbocycles. The van der Waals surface area contributed by atoms with Gasteiger partial charge in [-0.15, -0.1) is 22.7 Å². The average molecular weight is 256 g/mol. The molecule has 82 valence electrons. The first-order valence-corrected chi connectivity index (χ1v) is 7.11. The number of furan rings is 1. The Morgan fingerprint density at radius 3 is 2.82 bits per heavy atom. The van der Waals surface area contributed by atoms with Gasteiger partial charge in [0.25, 0.3) is 0 Å². The summed E-state index contributed by atoms with van der Waals surface area (Å²) in [6.07, 6.45) is 1.74. The van der Waals surface area contributed by atoms with Gasteiger partial charge in [-0.25, -0.2) is 0 Å². The number of rotatable bonds is 1. The zero-order valence-electron chi connectivity index (χ0n) is 8.84. The third kappa shape index (κ3) is 1.30. The molecule has 0 spiro atoms. The minimum Gasteiger partial charge on any atom is -0.464 e. The summed E-state index contributed by atoms with van der Waals surface area (Å²) in [5.74, 6) is 0.960. The summed E-state index contributed by atoms with van der Waals surface area (Å²) >= 11 is 3.56. The average Bonchev–Trinajstić information content (AvgIpc) is 3.06. The Morgan fingerprint density at radius 1 is 1.00 bits per heavy atom. The second kappa shape index (κ2) is 3.45. The van der Waals surface area contributed by atoms with Gasteiger partial charge in [0, 0.05) is 20.3 Å². The summed E-state index contributed by atoms with van der Waals surface area (Å²) in [5.41, 5.74) is 1.23. The van der Waals surface area contributed by atoms with Gasteiger partial charge in [0.2, 0.25) is 0 Å². The number of fused-ring (bicyclic) bond motifs is 2. The van der Waals surface area contributed by atoms with Crippen LogP contribution in [0.3, 0.4) is 0 Å². The van der Waals surface area contributed by atoms with Crippen LogP contribution in [-0.2, 0) is 0 Å². The molecule has 0 unspecified atom stereocenters. The first-order valence-electron chi connectivity index (χ1n) is 5.35. The molecule has 0 aliphatic heterocycles. The maximum Gasteiger partial charge on any atom is 0.135 e. The smallest absolute Gasteiger partial charge is 0.135 e. The summed E-state index contributed by atoms with van der Waals surface area (Å²) in [6, 6.07) is 10.6. The second-order valence-corrected chi connectivity index (χ2v) is 5.76. The first-order chi connectivity index (χ1) is 8.43. The van der Waals surface area contributed by atoms with E-state index in [2.05, 4.69) is 29.0 Å². The van der Waals surface area contributed by atoms with E-state index in [4.69, 9.17) is 4.42 Å². The van der Waals surface area contributed by atoms with Crippen molar-refractivity contribution < 1.29 is 4.42 Å². The van der Waals surface area contributed by atoms with Crippen molar-refractivity contribution in [3.63, 3.8) is 0 Å². The van der Waals surface area contributed by atoms with Gasteiger partial charge in [0.05, 0.1) is 6.26 Å². The maximum atomic E-state index is 5.59. The second-order valence-electron chi connectivity index (χ2n) is 3.90. The van der Waals surface area contributed by atoms with Crippen molar-refractivity contribution in [1.29, 1.82) is 0 Å². The van der Waals surface area contributed by atoms with Crippen molar-refractivity contribution >= 4 is 42.8 Å². The SMILES string of the molecule is c1coc(-c2c3ccsc3cc3ccsc23)c1. The van der Waals surface area contributed by atoms with Gasteiger partial charge < -0.3 is 4.42 Å². The van der Waals surface area contributed by atoms with Gasteiger partial charge in [-0.05, 0) is 46.5 Å². The Bertz CT molecular complexity index is 741. The lowest BCUT2D eigenvalue weighted by Crippen LogP contribution is -1.76. The predicted octanol–water partition coefficient (Wildman–Crippen LogP) is 5.38. The molecule has 1 aromatic carbocycles. The first kappa shape index (κ1) is 9.45. The lowest BCUT2D eigenvalue weighted by Gasteiger charge is -2.02. The van der Waals surface area contributed by atoms with Crippen LogP contribution >= 0.6 is 22.7 Å². The molecule has 3 aromatic heterocycles. The third-order valence-electron chi connectivity index (χ3n) is 2.94. The molecule has 3 heterocycles. The molecular weight excluding hydrogens is 248 g/mol. The van der Waals surface area contributed by atoms with Crippen LogP contribution in [0.25, 0.3) is 31.5 Å². The molecule has 1 nitrogen and oxygen atoms in total. The van der Waals surface area contributed by atoms with Crippen molar-refractivity contribution in [2.45, 2.75) is 0 Å². The molecule has 0 amide bonds. The molecule has 0 atom stereocenters. The zero-order chi connectivity index (χ0) is 11.2. The molecule has 0 radical (unpaired) electrons. The molecule has 0 aliphatic rings. The molecule has 4 aromatic rings. The van der Waals surface area contributed by atoms with Crippen molar-refractivity contribution in [2.75, 3.05) is 0 Å². The van der Waals surface area contributed by atoms with Crippen molar-refractivity contribution in [2.24, 2.45) is 0 Å². The largest absolute Gasteiger partial charge is 0.464 e. The fourth-order valence-corrected chi connectivity index (χ4v) is 3.99. The predicted molar refractivity (Wildman–Crippen MR) is 74.9 cm³/mol. The minimum atomic E-state index is 0.960. The van der Waals surface area contributed by atoms with Crippen molar-refractivity contribution in [1.82, 2.24) is 0 Å². The fourth-order valence-electron chi connectivity index (χ4n) is 2.20. The van der Waals surface area contributed by atoms with Crippen LogP contribution < -0.4 is 0 Å². The Hall–Kier alpha value is -1.58. The Balaban J connectivity index is 2.27. The van der Waals surface area contributed by atoms with Gasteiger partial charge in [-0.3, -0.25) is 0 Å². The van der Waals surface area contributed by atoms with Crippen LogP contribution in [0.15, 0.2) is 51.8 Å². The van der Waals surface area contributed by atoms with E-state index in [-0.39, 0.29) is 0 Å². The van der Waals surface area contributed by atoms with E-state index in [0.717, 1.165) is 5.76 Å². The summed E-state index contributed by atoms with van der Waals surface area (Å²) in [6.45, 7) is 0. The van der Waals surface area contributed by atoms with E-state index in [1.807, 2.05) is 12.1 Å². The van der Waals surface area contributed by atoms with Gasteiger partial charge in [0.15, 0.2) is 0 Å². The highest BCUT2D eigenvalue weighted by molar-refractivity contribution is 7.19. The molecule has 3 heteroatoms. The maximum absolute atomic E-state index is 5.59.